The number of benzene rings is 1. The molecule has 1 amide bonds. The van der Waals surface area contributed by atoms with Crippen molar-refractivity contribution >= 4 is 23.2 Å². The number of halogens is 1. The van der Waals surface area contributed by atoms with E-state index in [4.69, 9.17) is 17.3 Å². The number of carbonyl (C=O) groups excluding carboxylic acids is 1. The molecule has 1 aromatic carbocycles. The van der Waals surface area contributed by atoms with Crippen molar-refractivity contribution in [2.75, 3.05) is 11.9 Å². The van der Waals surface area contributed by atoms with Crippen LogP contribution in [-0.2, 0) is 4.79 Å². The van der Waals surface area contributed by atoms with Gasteiger partial charge in [-0.25, -0.2) is 0 Å². The van der Waals surface area contributed by atoms with Gasteiger partial charge in [0, 0.05) is 6.42 Å². The van der Waals surface area contributed by atoms with Crippen LogP contribution in [0.25, 0.3) is 0 Å². The van der Waals surface area contributed by atoms with Crippen LogP contribution in [0.2, 0.25) is 5.02 Å². The average molecular weight is 255 g/mol. The van der Waals surface area contributed by atoms with Crippen LogP contribution in [-0.4, -0.2) is 12.5 Å². The van der Waals surface area contributed by atoms with E-state index < -0.39 is 0 Å². The summed E-state index contributed by atoms with van der Waals surface area (Å²) in [6, 6.07) is 5.56. The molecule has 1 atom stereocenters. The maximum Gasteiger partial charge on any atom is 0.224 e. The fourth-order valence-corrected chi connectivity index (χ4v) is 1.76. The summed E-state index contributed by atoms with van der Waals surface area (Å²) in [5.41, 5.74) is 7.18. The van der Waals surface area contributed by atoms with Gasteiger partial charge in [0.2, 0.25) is 5.91 Å². The molecule has 1 unspecified atom stereocenters. The first-order chi connectivity index (χ1) is 8.04. The molecule has 3 nitrogen and oxygen atoms in total. The first-order valence-corrected chi connectivity index (χ1v) is 6.17. The Bertz CT molecular complexity index is 373. The number of nitrogens with two attached hydrogens (primary N) is 1. The van der Waals surface area contributed by atoms with E-state index in [0.717, 1.165) is 12.0 Å². The molecule has 0 spiro atoms. The minimum Gasteiger partial charge on any atom is -0.330 e. The van der Waals surface area contributed by atoms with Crippen molar-refractivity contribution < 1.29 is 4.79 Å². The number of anilines is 1. The van der Waals surface area contributed by atoms with Crippen LogP contribution in [0.5, 0.6) is 0 Å². The maximum absolute atomic E-state index is 11.7. The molecular formula is C13H19ClN2O. The molecule has 0 saturated carbocycles. The summed E-state index contributed by atoms with van der Waals surface area (Å²) in [7, 11) is 0. The highest BCUT2D eigenvalue weighted by Gasteiger charge is 2.09. The fourth-order valence-electron chi connectivity index (χ4n) is 1.49. The number of rotatable bonds is 5. The van der Waals surface area contributed by atoms with Gasteiger partial charge in [0.1, 0.15) is 0 Å². The van der Waals surface area contributed by atoms with Gasteiger partial charge < -0.3 is 11.1 Å². The van der Waals surface area contributed by atoms with E-state index in [1.54, 1.807) is 6.07 Å². The summed E-state index contributed by atoms with van der Waals surface area (Å²) >= 11 is 6.03. The number of amides is 1. The van der Waals surface area contributed by atoms with Gasteiger partial charge in [-0.05, 0) is 37.4 Å². The second kappa shape index (κ2) is 6.62. The van der Waals surface area contributed by atoms with Crippen molar-refractivity contribution in [3.8, 4) is 0 Å². The predicted molar refractivity (Wildman–Crippen MR) is 72.3 cm³/mol. The van der Waals surface area contributed by atoms with Crippen molar-refractivity contribution in [1.29, 1.82) is 0 Å². The lowest BCUT2D eigenvalue weighted by molar-refractivity contribution is -0.116. The summed E-state index contributed by atoms with van der Waals surface area (Å²) in [6.45, 7) is 4.57. The SMILES string of the molecule is Cc1cccc(Cl)c1NC(=O)CCC(C)CN. The molecule has 4 heteroatoms. The molecule has 0 heterocycles. The van der Waals surface area contributed by atoms with Gasteiger partial charge in [-0.15, -0.1) is 0 Å². The van der Waals surface area contributed by atoms with E-state index in [2.05, 4.69) is 5.32 Å². The molecule has 3 N–H and O–H groups in total. The monoisotopic (exact) mass is 254 g/mol. The Balaban J connectivity index is 2.56. The lowest BCUT2D eigenvalue weighted by Crippen LogP contribution is -2.17. The van der Waals surface area contributed by atoms with E-state index in [-0.39, 0.29) is 5.91 Å². The molecule has 1 rings (SSSR count). The highest BCUT2D eigenvalue weighted by molar-refractivity contribution is 6.33. The smallest absolute Gasteiger partial charge is 0.224 e. The van der Waals surface area contributed by atoms with Crippen LogP contribution in [0, 0.1) is 12.8 Å². The Morgan fingerprint density at radius 2 is 2.24 bits per heavy atom. The van der Waals surface area contributed by atoms with Gasteiger partial charge in [-0.1, -0.05) is 30.7 Å². The van der Waals surface area contributed by atoms with Crippen LogP contribution in [0.3, 0.4) is 0 Å². The Kier molecular flexibility index (Phi) is 5.45. The lowest BCUT2D eigenvalue weighted by atomic mass is 10.1. The van der Waals surface area contributed by atoms with Crippen molar-refractivity contribution in [3.63, 3.8) is 0 Å². The Morgan fingerprint density at radius 1 is 1.53 bits per heavy atom. The quantitative estimate of drug-likeness (QED) is 0.849. The molecule has 0 aliphatic carbocycles. The van der Waals surface area contributed by atoms with Crippen molar-refractivity contribution in [3.05, 3.63) is 28.8 Å². The highest BCUT2D eigenvalue weighted by Crippen LogP contribution is 2.25. The zero-order chi connectivity index (χ0) is 12.8. The van der Waals surface area contributed by atoms with Gasteiger partial charge in [-0.3, -0.25) is 4.79 Å². The Hall–Kier alpha value is -1.06. The molecule has 0 fully saturated rings. The van der Waals surface area contributed by atoms with E-state index >= 15 is 0 Å². The van der Waals surface area contributed by atoms with Gasteiger partial charge in [0.25, 0.3) is 0 Å². The van der Waals surface area contributed by atoms with Crippen LogP contribution < -0.4 is 11.1 Å². The summed E-state index contributed by atoms with van der Waals surface area (Å²) in [4.78, 5) is 11.7. The maximum atomic E-state index is 11.7. The summed E-state index contributed by atoms with van der Waals surface area (Å²) in [5, 5.41) is 3.42. The summed E-state index contributed by atoms with van der Waals surface area (Å²) in [6.07, 6.45) is 1.27. The van der Waals surface area contributed by atoms with Gasteiger partial charge >= 0.3 is 0 Å². The standard InChI is InChI=1S/C13H19ClN2O/c1-9(8-15)6-7-12(17)16-13-10(2)4-3-5-11(13)14/h3-5,9H,6-8,15H2,1-2H3,(H,16,17). The second-order valence-electron chi connectivity index (χ2n) is 4.36. The zero-order valence-electron chi connectivity index (χ0n) is 10.3. The minimum atomic E-state index is -0.0125. The van der Waals surface area contributed by atoms with E-state index in [0.29, 0.717) is 29.6 Å². The molecule has 94 valence electrons. The number of aryl methyl sites for hydroxylation is 1. The van der Waals surface area contributed by atoms with E-state index in [9.17, 15) is 4.79 Å². The number of carbonyl (C=O) groups is 1. The number of hydrogen-bond donors (Lipinski definition) is 2. The minimum absolute atomic E-state index is 0.0125. The Labute approximate surface area is 107 Å². The van der Waals surface area contributed by atoms with Crippen LogP contribution in [0.4, 0.5) is 5.69 Å². The molecule has 0 radical (unpaired) electrons. The first kappa shape index (κ1) is 14.0. The van der Waals surface area contributed by atoms with Crippen molar-refractivity contribution in [2.45, 2.75) is 26.7 Å². The van der Waals surface area contributed by atoms with Crippen LogP contribution in [0.1, 0.15) is 25.3 Å². The molecular weight excluding hydrogens is 236 g/mol. The molecule has 0 saturated heterocycles. The second-order valence-corrected chi connectivity index (χ2v) is 4.77. The molecule has 0 bridgehead atoms. The normalized spacial score (nSPS) is 12.2. The molecule has 0 aliphatic rings. The van der Waals surface area contributed by atoms with Crippen molar-refractivity contribution in [2.24, 2.45) is 11.7 Å². The number of para-hydroxylation sites is 1. The molecule has 0 aromatic heterocycles. The third-order valence-corrected chi connectivity index (χ3v) is 3.07. The van der Waals surface area contributed by atoms with Crippen LogP contribution in [0.15, 0.2) is 18.2 Å². The van der Waals surface area contributed by atoms with Crippen molar-refractivity contribution in [1.82, 2.24) is 0 Å². The molecule has 0 aliphatic heterocycles. The first-order valence-electron chi connectivity index (χ1n) is 5.79. The summed E-state index contributed by atoms with van der Waals surface area (Å²) < 4.78 is 0. The summed E-state index contributed by atoms with van der Waals surface area (Å²) in [5.74, 6) is 0.356. The fraction of sp³-hybridized carbons (Fsp3) is 0.462. The average Bonchev–Trinajstić information content (AvgIpc) is 2.31. The number of hydrogen-bond acceptors (Lipinski definition) is 2. The Morgan fingerprint density at radius 3 is 2.82 bits per heavy atom. The number of nitrogens with one attached hydrogen (secondary N) is 1. The zero-order valence-corrected chi connectivity index (χ0v) is 11.1. The van der Waals surface area contributed by atoms with E-state index in [1.807, 2.05) is 26.0 Å². The predicted octanol–water partition coefficient (Wildman–Crippen LogP) is 2.96. The topological polar surface area (TPSA) is 55.1 Å². The largest absolute Gasteiger partial charge is 0.330 e. The van der Waals surface area contributed by atoms with Gasteiger partial charge in [0.15, 0.2) is 0 Å². The van der Waals surface area contributed by atoms with Gasteiger partial charge in [0.05, 0.1) is 10.7 Å². The third-order valence-electron chi connectivity index (χ3n) is 2.75. The molecule has 17 heavy (non-hydrogen) atoms. The third kappa shape index (κ3) is 4.36. The van der Waals surface area contributed by atoms with Crippen LogP contribution >= 0.6 is 11.6 Å². The lowest BCUT2D eigenvalue weighted by Gasteiger charge is -2.11. The highest BCUT2D eigenvalue weighted by atomic mass is 35.5. The van der Waals surface area contributed by atoms with Gasteiger partial charge in [-0.2, -0.15) is 0 Å². The van der Waals surface area contributed by atoms with E-state index in [1.165, 1.54) is 0 Å². The molecule has 1 aromatic rings.